The van der Waals surface area contributed by atoms with Crippen LogP contribution in [0.3, 0.4) is 0 Å². The smallest absolute Gasteiger partial charge is 0.279 e. The van der Waals surface area contributed by atoms with Crippen molar-refractivity contribution in [2.24, 2.45) is 0 Å². The van der Waals surface area contributed by atoms with Crippen LogP contribution >= 0.6 is 11.3 Å². The first-order valence-electron chi connectivity index (χ1n) is 7.16. The van der Waals surface area contributed by atoms with Crippen molar-refractivity contribution in [2.45, 2.75) is 19.8 Å². The highest BCUT2D eigenvalue weighted by atomic mass is 32.1. The number of methoxy groups -OCH3 is 1. The number of aryl methyl sites for hydroxylation is 1. The zero-order valence-electron chi connectivity index (χ0n) is 12.5. The van der Waals surface area contributed by atoms with E-state index in [1.807, 2.05) is 24.3 Å². The van der Waals surface area contributed by atoms with Crippen LogP contribution in [0.5, 0.6) is 5.75 Å². The lowest BCUT2D eigenvalue weighted by atomic mass is 10.2. The number of nitrogens with zero attached hydrogens (tertiary/aromatic N) is 2. The number of hydrogen-bond acceptors (Lipinski definition) is 5. The van der Waals surface area contributed by atoms with E-state index in [-0.39, 0.29) is 5.56 Å². The quantitative estimate of drug-likeness (QED) is 0.737. The molecule has 0 radical (unpaired) electrons. The fraction of sp³-hybridized carbons (Fsp3) is 0.235. The average Bonchev–Trinajstić information content (AvgIpc) is 2.55. The van der Waals surface area contributed by atoms with Crippen molar-refractivity contribution in [3.8, 4) is 16.5 Å². The number of benzene rings is 1. The highest BCUT2D eigenvalue weighted by molar-refractivity contribution is 7.21. The van der Waals surface area contributed by atoms with Gasteiger partial charge in [-0.1, -0.05) is 19.4 Å². The Labute approximate surface area is 132 Å². The van der Waals surface area contributed by atoms with E-state index >= 15 is 0 Å². The van der Waals surface area contributed by atoms with Gasteiger partial charge in [0.25, 0.3) is 5.56 Å². The molecule has 112 valence electrons. The highest BCUT2D eigenvalue weighted by Gasteiger charge is 2.09. The molecule has 1 aromatic carbocycles. The molecule has 22 heavy (non-hydrogen) atoms. The lowest BCUT2D eigenvalue weighted by Gasteiger charge is -2.05. The summed E-state index contributed by atoms with van der Waals surface area (Å²) in [5, 5.41) is 1.25. The molecule has 0 saturated heterocycles. The third kappa shape index (κ3) is 2.85. The van der Waals surface area contributed by atoms with E-state index < -0.39 is 0 Å². The summed E-state index contributed by atoms with van der Waals surface area (Å²) in [6.45, 7) is 2.12. The largest absolute Gasteiger partial charge is 0.497 e. The van der Waals surface area contributed by atoms with Gasteiger partial charge in [0.05, 0.1) is 18.2 Å². The lowest BCUT2D eigenvalue weighted by Crippen LogP contribution is -2.06. The fourth-order valence-electron chi connectivity index (χ4n) is 2.27. The predicted octanol–water partition coefficient (Wildman–Crippen LogP) is 3.68. The molecule has 2 aromatic heterocycles. The van der Waals surface area contributed by atoms with Gasteiger partial charge in [-0.15, -0.1) is 11.3 Å². The maximum Gasteiger partial charge on any atom is 0.279 e. The van der Waals surface area contributed by atoms with Crippen molar-refractivity contribution in [3.05, 3.63) is 52.4 Å². The van der Waals surface area contributed by atoms with E-state index in [2.05, 4.69) is 16.9 Å². The SMILES string of the molecule is CCCc1cccc(-c2nc(=O)c3ccc(OC)cc3s2)n1. The second kappa shape index (κ2) is 6.23. The molecule has 0 amide bonds. The van der Waals surface area contributed by atoms with Crippen LogP contribution in [0.15, 0.2) is 41.2 Å². The van der Waals surface area contributed by atoms with Crippen molar-refractivity contribution in [3.63, 3.8) is 0 Å². The van der Waals surface area contributed by atoms with Crippen LogP contribution in [0.4, 0.5) is 0 Å². The van der Waals surface area contributed by atoms with Crippen molar-refractivity contribution in [2.75, 3.05) is 7.11 Å². The minimum absolute atomic E-state index is 0.228. The maximum absolute atomic E-state index is 12.2. The van der Waals surface area contributed by atoms with E-state index in [0.717, 1.165) is 34.7 Å². The topological polar surface area (TPSA) is 52.1 Å². The van der Waals surface area contributed by atoms with Gasteiger partial charge in [-0.2, -0.15) is 4.98 Å². The molecule has 3 rings (SSSR count). The molecule has 3 aromatic rings. The molecule has 2 heterocycles. The molecule has 0 aliphatic heterocycles. The maximum atomic E-state index is 12.2. The summed E-state index contributed by atoms with van der Waals surface area (Å²) in [5.41, 5.74) is 1.54. The Kier molecular flexibility index (Phi) is 4.15. The average molecular weight is 312 g/mol. The third-order valence-corrected chi connectivity index (χ3v) is 4.41. The fourth-order valence-corrected chi connectivity index (χ4v) is 3.27. The molecule has 0 bridgehead atoms. The summed E-state index contributed by atoms with van der Waals surface area (Å²) in [5.74, 6) is 0.730. The molecule has 0 N–H and O–H groups in total. The van der Waals surface area contributed by atoms with Crippen molar-refractivity contribution in [1.82, 2.24) is 9.97 Å². The number of rotatable bonds is 4. The number of pyridine rings is 1. The molecule has 0 saturated carbocycles. The molecule has 4 nitrogen and oxygen atoms in total. The molecular formula is C17H16N2O2S. The van der Waals surface area contributed by atoms with Gasteiger partial charge in [-0.3, -0.25) is 9.78 Å². The standard InChI is InChI=1S/C17H16N2O2S/c1-3-5-11-6-4-7-14(18-11)17-19-16(20)13-9-8-12(21-2)10-15(13)22-17/h4,6-10H,3,5H2,1-2H3. The molecule has 0 unspecified atom stereocenters. The second-order valence-electron chi connectivity index (χ2n) is 4.95. The van der Waals surface area contributed by atoms with E-state index in [1.165, 1.54) is 11.3 Å². The van der Waals surface area contributed by atoms with E-state index in [4.69, 9.17) is 4.74 Å². The Bertz CT molecular complexity index is 874. The van der Waals surface area contributed by atoms with Crippen LogP contribution in [0, 0.1) is 0 Å². The number of ether oxygens (including phenoxy) is 1. The van der Waals surface area contributed by atoms with Crippen LogP contribution in [-0.4, -0.2) is 17.1 Å². The van der Waals surface area contributed by atoms with Gasteiger partial charge in [0.1, 0.15) is 10.8 Å². The monoisotopic (exact) mass is 312 g/mol. The van der Waals surface area contributed by atoms with Gasteiger partial charge in [0.15, 0.2) is 0 Å². The van der Waals surface area contributed by atoms with Crippen LogP contribution in [0.25, 0.3) is 20.8 Å². The summed E-state index contributed by atoms with van der Waals surface area (Å²) in [4.78, 5) is 21.0. The number of hydrogen-bond donors (Lipinski definition) is 0. The van der Waals surface area contributed by atoms with Crippen molar-refractivity contribution >= 4 is 21.4 Å². The molecule has 0 aliphatic carbocycles. The molecule has 0 aliphatic rings. The zero-order valence-corrected chi connectivity index (χ0v) is 13.3. The van der Waals surface area contributed by atoms with Crippen molar-refractivity contribution in [1.29, 1.82) is 0 Å². The van der Waals surface area contributed by atoms with Gasteiger partial charge in [-0.05, 0) is 36.8 Å². The molecule has 0 atom stereocenters. The van der Waals surface area contributed by atoms with Gasteiger partial charge in [0.2, 0.25) is 0 Å². The first kappa shape index (κ1) is 14.7. The van der Waals surface area contributed by atoms with E-state index in [1.54, 1.807) is 19.2 Å². The Balaban J connectivity index is 2.14. The Morgan fingerprint density at radius 1 is 1.18 bits per heavy atom. The number of fused-ring (bicyclic) bond motifs is 1. The molecule has 0 spiro atoms. The highest BCUT2D eigenvalue weighted by Crippen LogP contribution is 2.27. The summed E-state index contributed by atoms with van der Waals surface area (Å²) >= 11 is 1.46. The first-order chi connectivity index (χ1) is 10.7. The van der Waals surface area contributed by atoms with E-state index in [0.29, 0.717) is 10.4 Å². The zero-order chi connectivity index (χ0) is 15.5. The van der Waals surface area contributed by atoms with Crippen LogP contribution in [0.2, 0.25) is 0 Å². The normalized spacial score (nSPS) is 10.8. The van der Waals surface area contributed by atoms with Crippen LogP contribution < -0.4 is 10.3 Å². The molecular weight excluding hydrogens is 296 g/mol. The Morgan fingerprint density at radius 2 is 2.05 bits per heavy atom. The lowest BCUT2D eigenvalue weighted by molar-refractivity contribution is 0.415. The number of aromatic nitrogens is 2. The van der Waals surface area contributed by atoms with Crippen molar-refractivity contribution < 1.29 is 4.74 Å². The van der Waals surface area contributed by atoms with Gasteiger partial charge in [-0.25, -0.2) is 0 Å². The Hall–Kier alpha value is -2.27. The van der Waals surface area contributed by atoms with Crippen LogP contribution in [-0.2, 0) is 6.42 Å². The van der Waals surface area contributed by atoms with Crippen LogP contribution in [0.1, 0.15) is 19.0 Å². The third-order valence-electron chi connectivity index (χ3n) is 3.36. The molecule has 5 heteroatoms. The summed E-state index contributed by atoms with van der Waals surface area (Å²) in [6, 6.07) is 11.2. The van der Waals surface area contributed by atoms with Gasteiger partial charge >= 0.3 is 0 Å². The minimum atomic E-state index is -0.228. The minimum Gasteiger partial charge on any atom is -0.497 e. The molecule has 0 fully saturated rings. The Morgan fingerprint density at radius 3 is 2.82 bits per heavy atom. The summed E-state index contributed by atoms with van der Waals surface area (Å²) < 4.78 is 6.09. The van der Waals surface area contributed by atoms with E-state index in [9.17, 15) is 4.79 Å². The summed E-state index contributed by atoms with van der Waals surface area (Å²) in [6.07, 6.45) is 1.96. The van der Waals surface area contributed by atoms with Gasteiger partial charge < -0.3 is 4.74 Å². The second-order valence-corrected chi connectivity index (χ2v) is 5.98. The predicted molar refractivity (Wildman–Crippen MR) is 89.7 cm³/mol. The summed E-state index contributed by atoms with van der Waals surface area (Å²) in [7, 11) is 1.61. The first-order valence-corrected chi connectivity index (χ1v) is 7.98. The van der Waals surface area contributed by atoms with Gasteiger partial charge in [0, 0.05) is 10.4 Å².